The Kier molecular flexibility index (Phi) is 5.16. The normalized spacial score (nSPS) is 11.8. The predicted molar refractivity (Wildman–Crippen MR) is 91.7 cm³/mol. The fraction of sp³-hybridized carbons (Fsp3) is 0.125. The fourth-order valence-corrected chi connectivity index (χ4v) is 2.50. The molecule has 0 fully saturated rings. The molecule has 0 bridgehead atoms. The largest absolute Gasteiger partial charge is 0.482 e. The second-order valence-electron chi connectivity index (χ2n) is 4.93. The van der Waals surface area contributed by atoms with E-state index in [4.69, 9.17) is 37.4 Å². The molecule has 3 rings (SSSR count). The highest BCUT2D eigenvalue weighted by atomic mass is 35.5. The number of halogens is 2. The highest BCUT2D eigenvalue weighted by Gasteiger charge is 2.15. The van der Waals surface area contributed by atoms with Crippen LogP contribution in [0.2, 0.25) is 10.0 Å². The van der Waals surface area contributed by atoms with Gasteiger partial charge in [-0.15, -0.1) is 0 Å². The van der Waals surface area contributed by atoms with Gasteiger partial charge in [-0.1, -0.05) is 23.2 Å². The molecule has 0 aliphatic carbocycles. The van der Waals surface area contributed by atoms with Crippen LogP contribution >= 0.6 is 23.2 Å². The van der Waals surface area contributed by atoms with E-state index in [1.165, 1.54) is 12.1 Å². The SMILES string of the molecule is O=C(COc1ccc(Cl)cc1Cl)NC(=O)Nc1ccc2c(c1)OCO2. The molecule has 2 aromatic carbocycles. The van der Waals surface area contributed by atoms with Crippen molar-refractivity contribution in [3.05, 3.63) is 46.4 Å². The van der Waals surface area contributed by atoms with E-state index >= 15 is 0 Å². The van der Waals surface area contributed by atoms with Gasteiger partial charge in [-0.2, -0.15) is 0 Å². The fourth-order valence-electron chi connectivity index (χ4n) is 2.03. The van der Waals surface area contributed by atoms with Crippen LogP contribution in [0.4, 0.5) is 10.5 Å². The molecule has 1 aliphatic heterocycles. The third-order valence-corrected chi connectivity index (χ3v) is 3.67. The molecule has 25 heavy (non-hydrogen) atoms. The standard InChI is InChI=1S/C16H12Cl2N2O5/c17-9-1-3-12(11(18)5-9)23-7-15(21)20-16(22)19-10-2-4-13-14(6-10)25-8-24-13/h1-6H,7-8H2,(H2,19,20,21,22). The van der Waals surface area contributed by atoms with Gasteiger partial charge in [0.15, 0.2) is 18.1 Å². The van der Waals surface area contributed by atoms with Crippen molar-refractivity contribution in [1.82, 2.24) is 5.32 Å². The molecule has 0 saturated carbocycles. The Labute approximate surface area is 152 Å². The lowest BCUT2D eigenvalue weighted by Crippen LogP contribution is -2.37. The van der Waals surface area contributed by atoms with Crippen LogP contribution in [0.5, 0.6) is 17.2 Å². The molecule has 3 amide bonds. The van der Waals surface area contributed by atoms with E-state index in [2.05, 4.69) is 10.6 Å². The molecule has 7 nitrogen and oxygen atoms in total. The van der Waals surface area contributed by atoms with Gasteiger partial charge in [-0.25, -0.2) is 4.79 Å². The van der Waals surface area contributed by atoms with Crippen molar-refractivity contribution >= 4 is 40.8 Å². The summed E-state index contributed by atoms with van der Waals surface area (Å²) in [7, 11) is 0. The lowest BCUT2D eigenvalue weighted by Gasteiger charge is -2.09. The van der Waals surface area contributed by atoms with Gasteiger partial charge in [0.25, 0.3) is 5.91 Å². The van der Waals surface area contributed by atoms with E-state index in [-0.39, 0.29) is 24.2 Å². The molecule has 2 aromatic rings. The van der Waals surface area contributed by atoms with E-state index in [9.17, 15) is 9.59 Å². The monoisotopic (exact) mass is 382 g/mol. The maximum atomic E-state index is 11.8. The number of ether oxygens (including phenoxy) is 3. The summed E-state index contributed by atoms with van der Waals surface area (Å²) in [5.74, 6) is 0.766. The van der Waals surface area contributed by atoms with Gasteiger partial charge in [0.1, 0.15) is 5.75 Å². The Morgan fingerprint density at radius 1 is 1.08 bits per heavy atom. The van der Waals surface area contributed by atoms with Crippen LogP contribution in [0.1, 0.15) is 0 Å². The van der Waals surface area contributed by atoms with Crippen LogP contribution in [0.15, 0.2) is 36.4 Å². The molecule has 0 saturated heterocycles. The minimum Gasteiger partial charge on any atom is -0.482 e. The smallest absolute Gasteiger partial charge is 0.325 e. The number of carbonyl (C=O) groups is 2. The van der Waals surface area contributed by atoms with Crippen LogP contribution in [0, 0.1) is 0 Å². The zero-order chi connectivity index (χ0) is 17.8. The van der Waals surface area contributed by atoms with E-state index in [0.29, 0.717) is 22.2 Å². The molecule has 0 spiro atoms. The molecule has 2 N–H and O–H groups in total. The third-order valence-electron chi connectivity index (χ3n) is 3.14. The third kappa shape index (κ3) is 4.46. The topological polar surface area (TPSA) is 85.9 Å². The second kappa shape index (κ2) is 7.50. The summed E-state index contributed by atoms with van der Waals surface area (Å²) in [6, 6.07) is 8.78. The number of imide groups is 1. The van der Waals surface area contributed by atoms with Gasteiger partial charge in [0.2, 0.25) is 6.79 Å². The zero-order valence-electron chi connectivity index (χ0n) is 12.7. The van der Waals surface area contributed by atoms with E-state index in [1.807, 2.05) is 0 Å². The van der Waals surface area contributed by atoms with Crippen LogP contribution < -0.4 is 24.8 Å². The van der Waals surface area contributed by atoms with Gasteiger partial charge in [0.05, 0.1) is 5.02 Å². The average Bonchev–Trinajstić information content (AvgIpc) is 3.01. The lowest BCUT2D eigenvalue weighted by molar-refractivity contribution is -0.121. The van der Waals surface area contributed by atoms with Crippen LogP contribution in [0.25, 0.3) is 0 Å². The summed E-state index contributed by atoms with van der Waals surface area (Å²) in [5, 5.41) is 5.37. The minimum atomic E-state index is -0.699. The molecular weight excluding hydrogens is 371 g/mol. The number of amides is 3. The number of anilines is 1. The van der Waals surface area contributed by atoms with E-state index in [0.717, 1.165) is 0 Å². The molecule has 130 valence electrons. The first-order valence-corrected chi connectivity index (χ1v) is 7.85. The first-order chi connectivity index (χ1) is 12.0. The summed E-state index contributed by atoms with van der Waals surface area (Å²) in [6.07, 6.45) is 0. The number of rotatable bonds is 4. The molecule has 0 unspecified atom stereocenters. The summed E-state index contributed by atoms with van der Waals surface area (Å²) in [6.45, 7) is -0.246. The van der Waals surface area contributed by atoms with Crippen LogP contribution in [-0.4, -0.2) is 25.3 Å². The quantitative estimate of drug-likeness (QED) is 0.845. The van der Waals surface area contributed by atoms with Gasteiger partial charge in [-0.3, -0.25) is 10.1 Å². The van der Waals surface area contributed by atoms with Crippen molar-refractivity contribution in [2.24, 2.45) is 0 Å². The Bertz CT molecular complexity index is 828. The van der Waals surface area contributed by atoms with Gasteiger partial charge in [0, 0.05) is 16.8 Å². The number of hydrogen-bond acceptors (Lipinski definition) is 5. The highest BCUT2D eigenvalue weighted by molar-refractivity contribution is 6.35. The summed E-state index contributed by atoms with van der Waals surface area (Å²) in [5.41, 5.74) is 0.455. The van der Waals surface area contributed by atoms with Crippen molar-refractivity contribution < 1.29 is 23.8 Å². The minimum absolute atomic E-state index is 0.133. The Morgan fingerprint density at radius 2 is 1.88 bits per heavy atom. The molecule has 1 heterocycles. The number of nitrogens with one attached hydrogen (secondary N) is 2. The van der Waals surface area contributed by atoms with E-state index in [1.54, 1.807) is 24.3 Å². The van der Waals surface area contributed by atoms with Gasteiger partial charge in [-0.05, 0) is 30.3 Å². The number of urea groups is 1. The van der Waals surface area contributed by atoms with Gasteiger partial charge >= 0.3 is 6.03 Å². The molecule has 0 radical (unpaired) electrons. The Balaban J connectivity index is 1.50. The van der Waals surface area contributed by atoms with Crippen molar-refractivity contribution in [2.45, 2.75) is 0 Å². The predicted octanol–water partition coefficient (Wildman–Crippen LogP) is 3.45. The summed E-state index contributed by atoms with van der Waals surface area (Å²) < 4.78 is 15.6. The number of hydrogen-bond donors (Lipinski definition) is 2. The maximum Gasteiger partial charge on any atom is 0.325 e. The summed E-state index contributed by atoms with van der Waals surface area (Å²) in [4.78, 5) is 23.6. The van der Waals surface area contributed by atoms with Crippen molar-refractivity contribution in [2.75, 3.05) is 18.7 Å². The van der Waals surface area contributed by atoms with Crippen molar-refractivity contribution in [3.63, 3.8) is 0 Å². The number of carbonyl (C=O) groups excluding carboxylic acids is 2. The highest BCUT2D eigenvalue weighted by Crippen LogP contribution is 2.34. The zero-order valence-corrected chi connectivity index (χ0v) is 14.2. The number of benzene rings is 2. The average molecular weight is 383 g/mol. The van der Waals surface area contributed by atoms with Crippen LogP contribution in [0.3, 0.4) is 0 Å². The molecular formula is C16H12Cl2N2O5. The number of fused-ring (bicyclic) bond motifs is 1. The first-order valence-electron chi connectivity index (χ1n) is 7.09. The van der Waals surface area contributed by atoms with Crippen LogP contribution in [-0.2, 0) is 4.79 Å². The van der Waals surface area contributed by atoms with Crippen molar-refractivity contribution in [1.29, 1.82) is 0 Å². The maximum absolute atomic E-state index is 11.8. The first kappa shape index (κ1) is 17.2. The molecule has 0 aromatic heterocycles. The Hall–Kier alpha value is -2.64. The molecule has 0 atom stereocenters. The Morgan fingerprint density at radius 3 is 2.68 bits per heavy atom. The summed E-state index contributed by atoms with van der Waals surface area (Å²) >= 11 is 11.7. The van der Waals surface area contributed by atoms with Crippen molar-refractivity contribution in [3.8, 4) is 17.2 Å². The lowest BCUT2D eigenvalue weighted by atomic mass is 10.3. The van der Waals surface area contributed by atoms with Gasteiger partial charge < -0.3 is 19.5 Å². The second-order valence-corrected chi connectivity index (χ2v) is 5.78. The molecule has 1 aliphatic rings. The molecule has 9 heteroatoms. The van der Waals surface area contributed by atoms with E-state index < -0.39 is 11.9 Å².